The predicted octanol–water partition coefficient (Wildman–Crippen LogP) is 4.92. The van der Waals surface area contributed by atoms with E-state index in [0.29, 0.717) is 27.1 Å². The third kappa shape index (κ3) is 3.39. The molecule has 2 rings (SSSR count). The van der Waals surface area contributed by atoms with Crippen molar-refractivity contribution in [3.63, 3.8) is 0 Å². The normalized spacial score (nSPS) is 12.4. The Morgan fingerprint density at radius 3 is 2.33 bits per heavy atom. The van der Waals surface area contributed by atoms with Gasteiger partial charge >= 0.3 is 0 Å². The molecule has 18 heavy (non-hydrogen) atoms. The van der Waals surface area contributed by atoms with Crippen molar-refractivity contribution in [3.05, 3.63) is 68.7 Å². The van der Waals surface area contributed by atoms with Crippen molar-refractivity contribution in [1.82, 2.24) is 0 Å². The van der Waals surface area contributed by atoms with E-state index in [4.69, 9.17) is 34.8 Å². The van der Waals surface area contributed by atoms with Crippen LogP contribution in [0.15, 0.2) is 42.5 Å². The molecule has 4 heteroatoms. The molecule has 0 saturated carbocycles. The first kappa shape index (κ1) is 13.7. The third-order valence-corrected chi connectivity index (χ3v) is 3.44. The molecule has 1 N–H and O–H groups in total. The number of hydrogen-bond acceptors (Lipinski definition) is 1. The number of aliphatic hydroxyl groups excluding tert-OH is 1. The highest BCUT2D eigenvalue weighted by Crippen LogP contribution is 2.28. The minimum atomic E-state index is -0.673. The van der Waals surface area contributed by atoms with Gasteiger partial charge in [-0.05, 0) is 35.4 Å². The maximum Gasteiger partial charge on any atom is 0.0844 e. The van der Waals surface area contributed by atoms with Gasteiger partial charge in [-0.15, -0.1) is 0 Å². The minimum absolute atomic E-state index is 0.460. The third-order valence-electron chi connectivity index (χ3n) is 2.64. The standard InChI is InChI=1S/C14H11Cl3O/c15-10-3-1-2-9(6-10)7-14(18)12-5-4-11(16)8-13(12)17/h1-6,8,14,18H,7H2. The molecule has 1 unspecified atom stereocenters. The summed E-state index contributed by atoms with van der Waals surface area (Å²) in [6.07, 6.45) is -0.213. The molecule has 0 radical (unpaired) electrons. The molecule has 0 spiro atoms. The van der Waals surface area contributed by atoms with E-state index in [2.05, 4.69) is 0 Å². The number of aliphatic hydroxyl groups is 1. The summed E-state index contributed by atoms with van der Waals surface area (Å²) < 4.78 is 0. The van der Waals surface area contributed by atoms with Gasteiger partial charge in [0.1, 0.15) is 0 Å². The first-order valence-electron chi connectivity index (χ1n) is 5.44. The van der Waals surface area contributed by atoms with Gasteiger partial charge in [0.15, 0.2) is 0 Å². The molecule has 0 aliphatic rings. The Balaban J connectivity index is 2.19. The van der Waals surface area contributed by atoms with Gasteiger partial charge in [0.2, 0.25) is 0 Å². The molecule has 0 aromatic heterocycles. The molecule has 0 aliphatic heterocycles. The van der Waals surface area contributed by atoms with Crippen LogP contribution in [-0.4, -0.2) is 5.11 Å². The van der Waals surface area contributed by atoms with E-state index in [1.54, 1.807) is 24.3 Å². The molecular formula is C14H11Cl3O. The van der Waals surface area contributed by atoms with Crippen molar-refractivity contribution in [3.8, 4) is 0 Å². The molecule has 0 bridgehead atoms. The Morgan fingerprint density at radius 1 is 0.944 bits per heavy atom. The minimum Gasteiger partial charge on any atom is -0.388 e. The summed E-state index contributed by atoms with van der Waals surface area (Å²) in [4.78, 5) is 0. The molecule has 1 nitrogen and oxygen atoms in total. The van der Waals surface area contributed by atoms with Crippen LogP contribution in [0.2, 0.25) is 15.1 Å². The fourth-order valence-corrected chi connectivity index (χ4v) is 2.52. The highest BCUT2D eigenvalue weighted by molar-refractivity contribution is 6.35. The fourth-order valence-electron chi connectivity index (χ4n) is 1.77. The Morgan fingerprint density at radius 2 is 1.67 bits per heavy atom. The molecule has 1 atom stereocenters. The van der Waals surface area contributed by atoms with E-state index in [0.717, 1.165) is 5.56 Å². The lowest BCUT2D eigenvalue weighted by Crippen LogP contribution is -2.02. The van der Waals surface area contributed by atoms with Crippen molar-refractivity contribution in [2.24, 2.45) is 0 Å². The second-order valence-electron chi connectivity index (χ2n) is 4.02. The van der Waals surface area contributed by atoms with Crippen LogP contribution in [0.5, 0.6) is 0 Å². The van der Waals surface area contributed by atoms with Crippen LogP contribution >= 0.6 is 34.8 Å². The Kier molecular flexibility index (Phi) is 4.52. The van der Waals surface area contributed by atoms with Gasteiger partial charge in [-0.25, -0.2) is 0 Å². The van der Waals surface area contributed by atoms with Crippen LogP contribution in [0.25, 0.3) is 0 Å². The lowest BCUT2D eigenvalue weighted by molar-refractivity contribution is 0.178. The van der Waals surface area contributed by atoms with Crippen molar-refractivity contribution in [2.75, 3.05) is 0 Å². The smallest absolute Gasteiger partial charge is 0.0844 e. The lowest BCUT2D eigenvalue weighted by Gasteiger charge is -2.13. The van der Waals surface area contributed by atoms with Crippen LogP contribution < -0.4 is 0 Å². The Bertz CT molecular complexity index is 554. The summed E-state index contributed by atoms with van der Waals surface area (Å²) in [6, 6.07) is 12.5. The predicted molar refractivity (Wildman–Crippen MR) is 76.6 cm³/mol. The zero-order chi connectivity index (χ0) is 13.1. The molecule has 0 heterocycles. The lowest BCUT2D eigenvalue weighted by atomic mass is 10.0. The summed E-state index contributed by atoms with van der Waals surface area (Å²) >= 11 is 17.8. The monoisotopic (exact) mass is 300 g/mol. The summed E-state index contributed by atoms with van der Waals surface area (Å²) in [6.45, 7) is 0. The molecule has 94 valence electrons. The summed E-state index contributed by atoms with van der Waals surface area (Å²) in [7, 11) is 0. The van der Waals surface area contributed by atoms with Gasteiger partial charge in [-0.3, -0.25) is 0 Å². The van der Waals surface area contributed by atoms with Crippen LogP contribution in [0, 0.1) is 0 Å². The number of hydrogen-bond donors (Lipinski definition) is 1. The van der Waals surface area contributed by atoms with E-state index < -0.39 is 6.10 Å². The van der Waals surface area contributed by atoms with Crippen molar-refractivity contribution in [2.45, 2.75) is 12.5 Å². The zero-order valence-corrected chi connectivity index (χ0v) is 11.7. The summed E-state index contributed by atoms with van der Waals surface area (Å²) in [5.74, 6) is 0. The highest BCUT2D eigenvalue weighted by Gasteiger charge is 2.12. The van der Waals surface area contributed by atoms with Gasteiger partial charge < -0.3 is 5.11 Å². The van der Waals surface area contributed by atoms with Gasteiger partial charge in [0.05, 0.1) is 6.10 Å². The molecule has 0 saturated heterocycles. The first-order chi connectivity index (χ1) is 8.56. The zero-order valence-electron chi connectivity index (χ0n) is 9.41. The number of rotatable bonds is 3. The second-order valence-corrected chi connectivity index (χ2v) is 5.30. The molecule has 0 fully saturated rings. The average Bonchev–Trinajstić information content (AvgIpc) is 2.28. The van der Waals surface area contributed by atoms with E-state index >= 15 is 0 Å². The number of halogens is 3. The van der Waals surface area contributed by atoms with Crippen molar-refractivity contribution < 1.29 is 5.11 Å². The van der Waals surface area contributed by atoms with Crippen LogP contribution in [-0.2, 0) is 6.42 Å². The maximum atomic E-state index is 10.2. The maximum absolute atomic E-state index is 10.2. The van der Waals surface area contributed by atoms with Gasteiger partial charge in [0, 0.05) is 21.5 Å². The molecular weight excluding hydrogens is 291 g/mol. The first-order valence-corrected chi connectivity index (χ1v) is 6.57. The van der Waals surface area contributed by atoms with E-state index in [-0.39, 0.29) is 0 Å². The molecule has 2 aromatic rings. The quantitative estimate of drug-likeness (QED) is 0.853. The van der Waals surface area contributed by atoms with Crippen molar-refractivity contribution in [1.29, 1.82) is 0 Å². The topological polar surface area (TPSA) is 20.2 Å². The van der Waals surface area contributed by atoms with Gasteiger partial charge in [-0.1, -0.05) is 53.0 Å². The van der Waals surface area contributed by atoms with Gasteiger partial charge in [0.25, 0.3) is 0 Å². The average molecular weight is 302 g/mol. The molecule has 0 amide bonds. The molecule has 0 aliphatic carbocycles. The highest BCUT2D eigenvalue weighted by atomic mass is 35.5. The van der Waals surface area contributed by atoms with Gasteiger partial charge in [-0.2, -0.15) is 0 Å². The van der Waals surface area contributed by atoms with Crippen LogP contribution in [0.1, 0.15) is 17.2 Å². The van der Waals surface area contributed by atoms with E-state index in [1.165, 1.54) is 0 Å². The largest absolute Gasteiger partial charge is 0.388 e. The Labute approximate surface area is 121 Å². The van der Waals surface area contributed by atoms with E-state index in [9.17, 15) is 5.11 Å². The van der Waals surface area contributed by atoms with E-state index in [1.807, 2.05) is 18.2 Å². The SMILES string of the molecule is OC(Cc1cccc(Cl)c1)c1ccc(Cl)cc1Cl. The van der Waals surface area contributed by atoms with Crippen LogP contribution in [0.3, 0.4) is 0 Å². The Hall–Kier alpha value is -0.730. The fraction of sp³-hybridized carbons (Fsp3) is 0.143. The van der Waals surface area contributed by atoms with Crippen molar-refractivity contribution >= 4 is 34.8 Å². The van der Waals surface area contributed by atoms with Crippen LogP contribution in [0.4, 0.5) is 0 Å². The molecule has 2 aromatic carbocycles. The number of benzene rings is 2. The summed E-state index contributed by atoms with van der Waals surface area (Å²) in [5, 5.41) is 11.8. The summed E-state index contributed by atoms with van der Waals surface area (Å²) in [5.41, 5.74) is 1.63. The second kappa shape index (κ2) is 5.94.